The minimum absolute atomic E-state index is 1.08. The van der Waals surface area contributed by atoms with Crippen LogP contribution >= 0.6 is 0 Å². The summed E-state index contributed by atoms with van der Waals surface area (Å²) in [6.07, 6.45) is 1.89. The van der Waals surface area contributed by atoms with E-state index in [4.69, 9.17) is 5.84 Å². The topological polar surface area (TPSA) is 33.1 Å². The van der Waals surface area contributed by atoms with Crippen LogP contribution in [-0.4, -0.2) is 14.1 Å². The van der Waals surface area contributed by atoms with Crippen LogP contribution in [0.4, 0.5) is 5.69 Å². The van der Waals surface area contributed by atoms with Crippen LogP contribution in [0.3, 0.4) is 0 Å². The Labute approximate surface area is 89.7 Å². The summed E-state index contributed by atoms with van der Waals surface area (Å²) >= 11 is 0. The van der Waals surface area contributed by atoms with Crippen molar-refractivity contribution in [2.24, 2.45) is 0 Å². The van der Waals surface area contributed by atoms with Gasteiger partial charge < -0.3 is 4.90 Å². The minimum Gasteiger partial charge on any atom is -0.377 e. The van der Waals surface area contributed by atoms with Crippen molar-refractivity contribution in [2.45, 2.75) is 6.92 Å². The van der Waals surface area contributed by atoms with Gasteiger partial charge in [0.2, 0.25) is 5.69 Å². The lowest BCUT2D eigenvalue weighted by molar-refractivity contribution is -0.643. The number of aromatic nitrogens is 1. The summed E-state index contributed by atoms with van der Waals surface area (Å²) < 4.78 is 1.65. The summed E-state index contributed by atoms with van der Waals surface area (Å²) in [6.45, 7) is 2.03. The maximum atomic E-state index is 5.82. The first kappa shape index (κ1) is 9.77. The molecule has 0 unspecified atom stereocenters. The van der Waals surface area contributed by atoms with Crippen molar-refractivity contribution >= 4 is 16.5 Å². The molecule has 1 aromatic carbocycles. The lowest BCUT2D eigenvalue weighted by atomic mass is 10.1. The standard InChI is InChI=1S/C12H16N3/c1-9-10-5-4-6-12(14(2)3)11(10)7-8-15(9)13/h4-8H,13H2,1-3H3/q+1. The van der Waals surface area contributed by atoms with Crippen molar-refractivity contribution in [1.82, 2.24) is 0 Å². The first-order chi connectivity index (χ1) is 7.11. The first-order valence-corrected chi connectivity index (χ1v) is 4.97. The Morgan fingerprint density at radius 3 is 2.53 bits per heavy atom. The molecule has 0 fully saturated rings. The average molecular weight is 202 g/mol. The van der Waals surface area contributed by atoms with Gasteiger partial charge >= 0.3 is 0 Å². The van der Waals surface area contributed by atoms with Crippen molar-refractivity contribution in [3.63, 3.8) is 0 Å². The van der Waals surface area contributed by atoms with Crippen molar-refractivity contribution in [3.05, 3.63) is 36.2 Å². The van der Waals surface area contributed by atoms with Gasteiger partial charge in [-0.15, -0.1) is 0 Å². The largest absolute Gasteiger partial charge is 0.377 e. The molecule has 1 aromatic heterocycles. The molecule has 3 nitrogen and oxygen atoms in total. The summed E-state index contributed by atoms with van der Waals surface area (Å²) in [6, 6.07) is 8.33. The van der Waals surface area contributed by atoms with Gasteiger partial charge in [0.15, 0.2) is 6.20 Å². The van der Waals surface area contributed by atoms with Crippen LogP contribution < -0.4 is 15.4 Å². The molecule has 78 valence electrons. The SMILES string of the molecule is Cc1c2cccc(N(C)C)c2cc[n+]1N. The normalized spacial score (nSPS) is 10.6. The number of hydrogen-bond donors (Lipinski definition) is 1. The minimum atomic E-state index is 1.08. The molecule has 0 amide bonds. The van der Waals surface area contributed by atoms with E-state index in [9.17, 15) is 0 Å². The lowest BCUT2D eigenvalue weighted by Gasteiger charge is -2.14. The fraction of sp³-hybridized carbons (Fsp3) is 0.250. The highest BCUT2D eigenvalue weighted by Crippen LogP contribution is 2.25. The highest BCUT2D eigenvalue weighted by molar-refractivity contribution is 5.94. The van der Waals surface area contributed by atoms with Crippen molar-refractivity contribution in [3.8, 4) is 0 Å². The van der Waals surface area contributed by atoms with Crippen LogP contribution in [0.15, 0.2) is 30.5 Å². The zero-order valence-electron chi connectivity index (χ0n) is 9.36. The van der Waals surface area contributed by atoms with E-state index in [0.717, 1.165) is 5.69 Å². The number of aryl methyl sites for hydroxylation is 1. The second-order valence-corrected chi connectivity index (χ2v) is 3.94. The third-order valence-corrected chi connectivity index (χ3v) is 2.74. The zero-order chi connectivity index (χ0) is 11.0. The van der Waals surface area contributed by atoms with Crippen LogP contribution in [0.2, 0.25) is 0 Å². The molecule has 3 heteroatoms. The quantitative estimate of drug-likeness (QED) is 0.557. The van der Waals surface area contributed by atoms with Crippen LogP contribution in [0.1, 0.15) is 5.69 Å². The summed E-state index contributed by atoms with van der Waals surface area (Å²) in [5.41, 5.74) is 2.30. The Balaban J connectivity index is 2.83. The second kappa shape index (κ2) is 3.42. The van der Waals surface area contributed by atoms with E-state index in [1.807, 2.05) is 27.2 Å². The third-order valence-electron chi connectivity index (χ3n) is 2.74. The Morgan fingerprint density at radius 2 is 1.87 bits per heavy atom. The maximum Gasteiger partial charge on any atom is 0.216 e. The lowest BCUT2D eigenvalue weighted by Crippen LogP contribution is -2.46. The van der Waals surface area contributed by atoms with Crippen LogP contribution in [0.5, 0.6) is 0 Å². The summed E-state index contributed by atoms with van der Waals surface area (Å²) in [5, 5.41) is 2.44. The molecule has 15 heavy (non-hydrogen) atoms. The van der Waals surface area contributed by atoms with E-state index in [1.54, 1.807) is 4.68 Å². The molecule has 0 saturated heterocycles. The predicted octanol–water partition coefficient (Wildman–Crippen LogP) is 1.22. The van der Waals surface area contributed by atoms with E-state index in [-0.39, 0.29) is 0 Å². The van der Waals surface area contributed by atoms with E-state index in [0.29, 0.717) is 0 Å². The van der Waals surface area contributed by atoms with Gasteiger partial charge in [-0.1, -0.05) is 10.7 Å². The number of anilines is 1. The number of nitrogens with two attached hydrogens (primary N) is 1. The predicted molar refractivity (Wildman–Crippen MR) is 63.4 cm³/mol. The van der Waals surface area contributed by atoms with Crippen molar-refractivity contribution < 1.29 is 4.68 Å². The molecule has 0 atom stereocenters. The molecule has 0 aliphatic rings. The number of nitrogens with zero attached hydrogens (tertiary/aromatic N) is 2. The van der Waals surface area contributed by atoms with Gasteiger partial charge in [0.25, 0.3) is 0 Å². The fourth-order valence-electron chi connectivity index (χ4n) is 1.84. The fourth-order valence-corrected chi connectivity index (χ4v) is 1.84. The number of hydrogen-bond acceptors (Lipinski definition) is 2. The Bertz CT molecular complexity index is 503. The Hall–Kier alpha value is -1.77. The summed E-state index contributed by atoms with van der Waals surface area (Å²) in [4.78, 5) is 2.11. The Morgan fingerprint density at radius 1 is 1.13 bits per heavy atom. The number of pyridine rings is 1. The van der Waals surface area contributed by atoms with Gasteiger partial charge in [0.1, 0.15) is 0 Å². The molecule has 2 rings (SSSR count). The molecule has 0 spiro atoms. The third kappa shape index (κ3) is 1.50. The zero-order valence-corrected chi connectivity index (χ0v) is 9.36. The summed E-state index contributed by atoms with van der Waals surface area (Å²) in [7, 11) is 4.10. The highest BCUT2D eigenvalue weighted by Gasteiger charge is 2.11. The van der Waals surface area contributed by atoms with Crippen LogP contribution in [-0.2, 0) is 0 Å². The molecule has 2 N–H and O–H groups in total. The Kier molecular flexibility index (Phi) is 2.23. The van der Waals surface area contributed by atoms with Gasteiger partial charge in [0.05, 0.1) is 5.39 Å². The van der Waals surface area contributed by atoms with Crippen molar-refractivity contribution in [2.75, 3.05) is 24.8 Å². The maximum absolute atomic E-state index is 5.82. The van der Waals surface area contributed by atoms with Gasteiger partial charge in [0, 0.05) is 38.2 Å². The van der Waals surface area contributed by atoms with E-state index in [2.05, 4.69) is 29.2 Å². The molecular weight excluding hydrogens is 186 g/mol. The molecule has 2 aromatic rings. The van der Waals surface area contributed by atoms with E-state index in [1.165, 1.54) is 16.5 Å². The van der Waals surface area contributed by atoms with Gasteiger partial charge in [-0.3, -0.25) is 0 Å². The first-order valence-electron chi connectivity index (χ1n) is 4.97. The molecule has 0 bridgehead atoms. The molecule has 0 radical (unpaired) electrons. The number of fused-ring (bicyclic) bond motifs is 1. The molecule has 0 aliphatic carbocycles. The molecule has 1 heterocycles. The van der Waals surface area contributed by atoms with Crippen LogP contribution in [0, 0.1) is 6.92 Å². The second-order valence-electron chi connectivity index (χ2n) is 3.94. The van der Waals surface area contributed by atoms with E-state index >= 15 is 0 Å². The van der Waals surface area contributed by atoms with Gasteiger partial charge in [-0.05, 0) is 12.1 Å². The van der Waals surface area contributed by atoms with Gasteiger partial charge in [-0.2, -0.15) is 0 Å². The van der Waals surface area contributed by atoms with Gasteiger partial charge in [-0.25, -0.2) is 5.84 Å². The molecular formula is C12H16N3+. The number of benzene rings is 1. The monoisotopic (exact) mass is 202 g/mol. The summed E-state index contributed by atoms with van der Waals surface area (Å²) in [5.74, 6) is 5.82. The van der Waals surface area contributed by atoms with Crippen LogP contribution in [0.25, 0.3) is 10.8 Å². The van der Waals surface area contributed by atoms with Crippen molar-refractivity contribution in [1.29, 1.82) is 0 Å². The number of rotatable bonds is 1. The highest BCUT2D eigenvalue weighted by atomic mass is 15.3. The average Bonchev–Trinajstić information content (AvgIpc) is 2.23. The molecule has 0 saturated carbocycles. The smallest absolute Gasteiger partial charge is 0.216 e. The number of nitrogen functional groups attached to an aromatic ring is 1. The molecule has 0 aliphatic heterocycles. The van der Waals surface area contributed by atoms with E-state index < -0.39 is 0 Å².